The van der Waals surface area contributed by atoms with Crippen LogP contribution in [0.1, 0.15) is 17.0 Å². The third-order valence-electron chi connectivity index (χ3n) is 5.78. The van der Waals surface area contributed by atoms with Crippen molar-refractivity contribution >= 4 is 17.2 Å². The summed E-state index contributed by atoms with van der Waals surface area (Å²) in [7, 11) is 1.56. The minimum Gasteiger partial charge on any atom is -0.495 e. The zero-order valence-corrected chi connectivity index (χ0v) is 18.9. The van der Waals surface area contributed by atoms with Gasteiger partial charge in [-0.3, -0.25) is 0 Å². The average molecular weight is 459 g/mol. The van der Waals surface area contributed by atoms with E-state index >= 15 is 0 Å². The second kappa shape index (κ2) is 9.10. The van der Waals surface area contributed by atoms with Crippen molar-refractivity contribution in [3.05, 3.63) is 95.3 Å². The molecule has 3 aromatic heterocycles. The number of methoxy groups -OCH3 is 1. The van der Waals surface area contributed by atoms with Gasteiger partial charge < -0.3 is 19.2 Å². The molecule has 6 nitrogen and oxygen atoms in total. The van der Waals surface area contributed by atoms with E-state index in [-0.39, 0.29) is 6.61 Å². The van der Waals surface area contributed by atoms with Gasteiger partial charge in [-0.15, -0.1) is 0 Å². The summed E-state index contributed by atoms with van der Waals surface area (Å²) in [5.74, 6) is 1.53. The lowest BCUT2D eigenvalue weighted by Crippen LogP contribution is -1.93. The fourth-order valence-corrected chi connectivity index (χ4v) is 4.21. The number of nitrogens with one attached hydrogen (secondary N) is 1. The molecule has 5 aromatic rings. The standard InChI is InChI=1S/C26H23ClN4O2/c1-33-24-12-20(16-32)21(14-22(24)27)23-15-31-11-8-19(13-26(31)30-23)18-5-2-17(3-6-18)4-7-25-28-9-10-29-25/h2-3,5-6,8-15,32H,4,7,16H2,1H3,(H,28,29). The molecule has 0 unspecified atom stereocenters. The van der Waals surface area contributed by atoms with Gasteiger partial charge in [-0.2, -0.15) is 0 Å². The number of imidazole rings is 2. The molecule has 0 spiro atoms. The molecule has 166 valence electrons. The number of benzene rings is 2. The largest absolute Gasteiger partial charge is 0.495 e. The van der Waals surface area contributed by atoms with Crippen molar-refractivity contribution in [2.45, 2.75) is 19.4 Å². The minimum atomic E-state index is -0.131. The van der Waals surface area contributed by atoms with E-state index in [1.165, 1.54) is 5.56 Å². The first-order valence-corrected chi connectivity index (χ1v) is 11.1. The van der Waals surface area contributed by atoms with Crippen molar-refractivity contribution in [3.63, 3.8) is 0 Å². The van der Waals surface area contributed by atoms with Gasteiger partial charge >= 0.3 is 0 Å². The Balaban J connectivity index is 1.41. The maximum atomic E-state index is 9.83. The third kappa shape index (κ3) is 4.35. The molecule has 33 heavy (non-hydrogen) atoms. The first-order chi connectivity index (χ1) is 16.1. The van der Waals surface area contributed by atoms with Crippen LogP contribution < -0.4 is 4.74 Å². The van der Waals surface area contributed by atoms with Crippen LogP contribution in [0.25, 0.3) is 28.0 Å². The fourth-order valence-electron chi connectivity index (χ4n) is 3.97. The SMILES string of the molecule is COc1cc(CO)c(-c2cn3ccc(-c4ccc(CCc5ncc[nH]5)cc4)cc3n2)cc1Cl. The number of hydrogen-bond donors (Lipinski definition) is 2. The summed E-state index contributed by atoms with van der Waals surface area (Å²) in [6.45, 7) is -0.131. The van der Waals surface area contributed by atoms with Gasteiger partial charge in [0, 0.05) is 36.8 Å². The zero-order valence-electron chi connectivity index (χ0n) is 18.1. The van der Waals surface area contributed by atoms with Crippen LogP contribution in [0.15, 0.2) is 73.3 Å². The normalized spacial score (nSPS) is 11.2. The van der Waals surface area contributed by atoms with Crippen LogP contribution in [0, 0.1) is 0 Å². The van der Waals surface area contributed by atoms with Crippen molar-refractivity contribution < 1.29 is 9.84 Å². The Morgan fingerprint density at radius 3 is 2.64 bits per heavy atom. The summed E-state index contributed by atoms with van der Waals surface area (Å²) in [5.41, 5.74) is 6.56. The number of aliphatic hydroxyl groups excluding tert-OH is 1. The second-order valence-electron chi connectivity index (χ2n) is 7.84. The molecular weight excluding hydrogens is 436 g/mol. The fraction of sp³-hybridized carbons (Fsp3) is 0.154. The van der Waals surface area contributed by atoms with Gasteiger partial charge in [0.15, 0.2) is 0 Å². The van der Waals surface area contributed by atoms with Crippen molar-refractivity contribution in [3.8, 4) is 28.1 Å². The van der Waals surface area contributed by atoms with Crippen molar-refractivity contribution in [1.82, 2.24) is 19.4 Å². The summed E-state index contributed by atoms with van der Waals surface area (Å²) in [5, 5.41) is 10.3. The lowest BCUT2D eigenvalue weighted by Gasteiger charge is -2.09. The molecule has 2 aromatic carbocycles. The summed E-state index contributed by atoms with van der Waals surface area (Å²) < 4.78 is 7.24. The van der Waals surface area contributed by atoms with Gasteiger partial charge in [0.1, 0.15) is 17.2 Å². The minimum absolute atomic E-state index is 0.131. The molecule has 0 aliphatic rings. The number of ether oxygens (including phenoxy) is 1. The van der Waals surface area contributed by atoms with Crippen molar-refractivity contribution in [1.29, 1.82) is 0 Å². The van der Waals surface area contributed by atoms with Crippen LogP contribution in [-0.4, -0.2) is 31.6 Å². The van der Waals surface area contributed by atoms with Crippen LogP contribution in [0.2, 0.25) is 5.02 Å². The molecule has 0 aliphatic carbocycles. The summed E-state index contributed by atoms with van der Waals surface area (Å²) in [6.07, 6.45) is 9.39. The molecular formula is C26H23ClN4O2. The number of fused-ring (bicyclic) bond motifs is 1. The zero-order chi connectivity index (χ0) is 22.8. The molecule has 0 atom stereocenters. The number of H-pyrrole nitrogens is 1. The number of hydrogen-bond acceptors (Lipinski definition) is 4. The number of aromatic nitrogens is 4. The van der Waals surface area contributed by atoms with Gasteiger partial charge in [0.25, 0.3) is 0 Å². The Bertz CT molecular complexity index is 1390. The Morgan fingerprint density at radius 1 is 1.06 bits per heavy atom. The first kappa shape index (κ1) is 21.2. The van der Waals surface area contributed by atoms with Crippen molar-refractivity contribution in [2.75, 3.05) is 7.11 Å². The monoisotopic (exact) mass is 458 g/mol. The van der Waals surface area contributed by atoms with E-state index in [9.17, 15) is 5.11 Å². The maximum Gasteiger partial charge on any atom is 0.138 e. The van der Waals surface area contributed by atoms with Gasteiger partial charge in [-0.1, -0.05) is 35.9 Å². The Hall–Kier alpha value is -3.61. The van der Waals surface area contributed by atoms with Crippen LogP contribution in [0.3, 0.4) is 0 Å². The third-order valence-corrected chi connectivity index (χ3v) is 6.07. The molecule has 0 saturated carbocycles. The van der Waals surface area contributed by atoms with E-state index in [0.717, 1.165) is 46.7 Å². The molecule has 5 rings (SSSR count). The van der Waals surface area contributed by atoms with Gasteiger partial charge in [0.05, 0.1) is 24.4 Å². The highest BCUT2D eigenvalue weighted by atomic mass is 35.5. The lowest BCUT2D eigenvalue weighted by molar-refractivity contribution is 0.281. The quantitative estimate of drug-likeness (QED) is 0.345. The average Bonchev–Trinajstić information content (AvgIpc) is 3.52. The van der Waals surface area contributed by atoms with Crippen LogP contribution >= 0.6 is 11.6 Å². The van der Waals surface area contributed by atoms with Crippen LogP contribution in [0.4, 0.5) is 0 Å². The molecule has 0 amide bonds. The van der Waals surface area contributed by atoms with Gasteiger partial charge in [0.2, 0.25) is 0 Å². The number of aromatic amines is 1. The smallest absolute Gasteiger partial charge is 0.138 e. The number of aryl methyl sites for hydroxylation is 2. The van der Waals surface area contributed by atoms with E-state index in [2.05, 4.69) is 46.4 Å². The van der Waals surface area contributed by atoms with E-state index in [1.807, 2.05) is 23.0 Å². The molecule has 0 aliphatic heterocycles. The van der Waals surface area contributed by atoms with Crippen LogP contribution in [-0.2, 0) is 19.4 Å². The Morgan fingerprint density at radius 2 is 1.91 bits per heavy atom. The number of halogens is 1. The molecule has 0 radical (unpaired) electrons. The molecule has 3 heterocycles. The van der Waals surface area contributed by atoms with E-state index < -0.39 is 0 Å². The van der Waals surface area contributed by atoms with Gasteiger partial charge in [-0.25, -0.2) is 9.97 Å². The highest BCUT2D eigenvalue weighted by molar-refractivity contribution is 6.32. The molecule has 0 fully saturated rings. The number of nitrogens with zero attached hydrogens (tertiary/aromatic N) is 3. The highest BCUT2D eigenvalue weighted by Gasteiger charge is 2.14. The molecule has 0 saturated heterocycles. The Kier molecular flexibility index (Phi) is 5.86. The Labute approximate surface area is 196 Å². The number of pyridine rings is 1. The number of rotatable bonds is 7. The van der Waals surface area contributed by atoms with E-state index in [4.69, 9.17) is 21.3 Å². The predicted molar refractivity (Wildman–Crippen MR) is 130 cm³/mol. The van der Waals surface area contributed by atoms with Crippen LogP contribution in [0.5, 0.6) is 5.75 Å². The summed E-state index contributed by atoms with van der Waals surface area (Å²) in [4.78, 5) is 12.2. The second-order valence-corrected chi connectivity index (χ2v) is 8.25. The predicted octanol–water partition coefficient (Wildman–Crippen LogP) is 5.33. The lowest BCUT2D eigenvalue weighted by atomic mass is 10.0. The summed E-state index contributed by atoms with van der Waals surface area (Å²) >= 11 is 6.33. The first-order valence-electron chi connectivity index (χ1n) is 10.7. The van der Waals surface area contributed by atoms with E-state index in [1.54, 1.807) is 25.4 Å². The highest BCUT2D eigenvalue weighted by Crippen LogP contribution is 2.34. The van der Waals surface area contributed by atoms with E-state index in [0.29, 0.717) is 16.3 Å². The molecule has 2 N–H and O–H groups in total. The molecule has 7 heteroatoms. The maximum absolute atomic E-state index is 9.83. The topological polar surface area (TPSA) is 75.4 Å². The molecule has 0 bridgehead atoms. The van der Waals surface area contributed by atoms with Gasteiger partial charge in [-0.05, 0) is 52.9 Å². The van der Waals surface area contributed by atoms with Crippen molar-refractivity contribution in [2.24, 2.45) is 0 Å². The summed E-state index contributed by atoms with van der Waals surface area (Å²) in [6, 6.07) is 16.3. The number of aliphatic hydroxyl groups is 1.